The number of carbonyl (C=O) groups excluding carboxylic acids is 3. The molecule has 0 amide bonds. The van der Waals surface area contributed by atoms with Gasteiger partial charge in [-0.1, -0.05) is 45.9 Å². The highest BCUT2D eigenvalue weighted by Gasteiger charge is 2.20. The van der Waals surface area contributed by atoms with Crippen molar-refractivity contribution in [3.05, 3.63) is 34.9 Å². The van der Waals surface area contributed by atoms with E-state index in [1.807, 2.05) is 26.0 Å². The van der Waals surface area contributed by atoms with Crippen molar-refractivity contribution >= 4 is 18.2 Å². The smallest absolute Gasteiger partial charge is 0.211 e. The van der Waals surface area contributed by atoms with Gasteiger partial charge in [0, 0.05) is 11.8 Å². The molecule has 0 heterocycles. The van der Waals surface area contributed by atoms with Gasteiger partial charge in [0.25, 0.3) is 0 Å². The molecule has 0 spiro atoms. The Bertz CT molecular complexity index is 692. The SMILES string of the molecule is CC(C)c1cc(C(C)CN=C=O)cc(C(C)C(N=C=O)N=C=O)c1. The van der Waals surface area contributed by atoms with Crippen LogP contribution in [0.5, 0.6) is 0 Å². The van der Waals surface area contributed by atoms with Crippen LogP contribution in [-0.2, 0) is 14.4 Å². The molecule has 0 aliphatic heterocycles. The number of hydrogen-bond acceptors (Lipinski definition) is 6. The highest BCUT2D eigenvalue weighted by molar-refractivity contribution is 5.41. The highest BCUT2D eigenvalue weighted by Crippen LogP contribution is 2.30. The predicted octanol–water partition coefficient (Wildman–Crippen LogP) is 3.35. The second-order valence-electron chi connectivity index (χ2n) is 6.06. The zero-order chi connectivity index (χ0) is 18.1. The maximum atomic E-state index is 10.6. The molecule has 6 heteroatoms. The molecular formula is C18H21N3O3. The minimum absolute atomic E-state index is 0.0405. The first kappa shape index (κ1) is 19.4. The molecule has 2 atom stereocenters. The van der Waals surface area contributed by atoms with Crippen LogP contribution in [0, 0.1) is 0 Å². The van der Waals surface area contributed by atoms with Crippen LogP contribution in [0.1, 0.15) is 62.1 Å². The molecule has 0 radical (unpaired) electrons. The summed E-state index contributed by atoms with van der Waals surface area (Å²) < 4.78 is 0. The van der Waals surface area contributed by atoms with Crippen molar-refractivity contribution in [2.45, 2.75) is 51.6 Å². The van der Waals surface area contributed by atoms with E-state index in [4.69, 9.17) is 0 Å². The molecule has 0 saturated carbocycles. The van der Waals surface area contributed by atoms with Crippen LogP contribution in [0.25, 0.3) is 0 Å². The van der Waals surface area contributed by atoms with Crippen molar-refractivity contribution in [1.82, 2.24) is 0 Å². The fraction of sp³-hybridized carbons (Fsp3) is 0.500. The molecule has 0 saturated heterocycles. The summed E-state index contributed by atoms with van der Waals surface area (Å²) in [6, 6.07) is 6.06. The molecule has 1 aromatic rings. The van der Waals surface area contributed by atoms with E-state index in [1.165, 1.54) is 12.2 Å². The van der Waals surface area contributed by atoms with E-state index in [0.29, 0.717) is 12.5 Å². The van der Waals surface area contributed by atoms with Crippen LogP contribution in [0.3, 0.4) is 0 Å². The fourth-order valence-electron chi connectivity index (χ4n) is 2.40. The normalized spacial score (nSPS) is 13.9. The topological polar surface area (TPSA) is 88.3 Å². The summed E-state index contributed by atoms with van der Waals surface area (Å²) in [5, 5.41) is 0. The zero-order valence-corrected chi connectivity index (χ0v) is 14.3. The summed E-state index contributed by atoms with van der Waals surface area (Å²) in [5.41, 5.74) is 3.03. The Labute approximate surface area is 141 Å². The first-order chi connectivity index (χ1) is 11.4. The van der Waals surface area contributed by atoms with Gasteiger partial charge >= 0.3 is 0 Å². The second kappa shape index (κ2) is 9.49. The molecule has 0 aromatic heterocycles. The molecule has 0 aliphatic rings. The summed E-state index contributed by atoms with van der Waals surface area (Å²) >= 11 is 0. The molecule has 1 rings (SSSR count). The van der Waals surface area contributed by atoms with Gasteiger partial charge in [-0.3, -0.25) is 0 Å². The van der Waals surface area contributed by atoms with Gasteiger partial charge in [0.2, 0.25) is 18.2 Å². The Hall–Kier alpha value is -2.64. The van der Waals surface area contributed by atoms with E-state index in [-0.39, 0.29) is 11.8 Å². The van der Waals surface area contributed by atoms with Gasteiger partial charge in [-0.25, -0.2) is 19.4 Å². The third-order valence-electron chi connectivity index (χ3n) is 4.01. The van der Waals surface area contributed by atoms with Crippen LogP contribution in [0.2, 0.25) is 0 Å². The summed E-state index contributed by atoms with van der Waals surface area (Å²) in [7, 11) is 0. The molecule has 1 aromatic carbocycles. The van der Waals surface area contributed by atoms with E-state index in [0.717, 1.165) is 16.7 Å². The van der Waals surface area contributed by atoms with Gasteiger partial charge in [0.15, 0.2) is 6.17 Å². The standard InChI is InChI=1S/C18H21N3O3/c1-12(2)15-5-16(13(3)8-19-9-22)7-17(6-15)14(4)18(20-10-23)21-11-24/h5-7,12-14,18H,8H2,1-4H3. The number of isocyanates is 3. The summed E-state index contributed by atoms with van der Waals surface area (Å²) in [5.74, 6) is 0.0473. The van der Waals surface area contributed by atoms with Crippen molar-refractivity contribution in [1.29, 1.82) is 0 Å². The van der Waals surface area contributed by atoms with Crippen molar-refractivity contribution in [2.24, 2.45) is 15.0 Å². The summed E-state index contributed by atoms with van der Waals surface area (Å²) in [4.78, 5) is 42.3. The average Bonchev–Trinajstić information content (AvgIpc) is 2.58. The third kappa shape index (κ3) is 5.22. The number of aliphatic imine (C=N–C) groups is 3. The van der Waals surface area contributed by atoms with Gasteiger partial charge in [0.05, 0.1) is 6.54 Å². The van der Waals surface area contributed by atoms with E-state index < -0.39 is 6.17 Å². The average molecular weight is 327 g/mol. The molecular weight excluding hydrogens is 306 g/mol. The minimum Gasteiger partial charge on any atom is -0.211 e. The molecule has 24 heavy (non-hydrogen) atoms. The van der Waals surface area contributed by atoms with Crippen LogP contribution in [0.15, 0.2) is 33.2 Å². The van der Waals surface area contributed by atoms with Crippen molar-refractivity contribution in [3.63, 3.8) is 0 Å². The molecule has 0 N–H and O–H groups in total. The highest BCUT2D eigenvalue weighted by atomic mass is 16.1. The lowest BCUT2D eigenvalue weighted by atomic mass is 9.88. The van der Waals surface area contributed by atoms with Crippen LogP contribution in [0.4, 0.5) is 0 Å². The number of rotatable bonds is 8. The van der Waals surface area contributed by atoms with Gasteiger partial charge in [-0.15, -0.1) is 0 Å². The number of hydrogen-bond donors (Lipinski definition) is 0. The van der Waals surface area contributed by atoms with Gasteiger partial charge in [0.1, 0.15) is 0 Å². The Morgan fingerprint density at radius 2 is 1.38 bits per heavy atom. The third-order valence-corrected chi connectivity index (χ3v) is 4.01. The van der Waals surface area contributed by atoms with Crippen LogP contribution >= 0.6 is 0 Å². The molecule has 126 valence electrons. The van der Waals surface area contributed by atoms with E-state index >= 15 is 0 Å². The number of nitrogens with zero attached hydrogens (tertiary/aromatic N) is 3. The maximum Gasteiger partial charge on any atom is 0.237 e. The van der Waals surface area contributed by atoms with Gasteiger partial charge in [-0.05, 0) is 22.6 Å². The lowest BCUT2D eigenvalue weighted by molar-refractivity contribution is 0.530. The van der Waals surface area contributed by atoms with Crippen LogP contribution in [-0.4, -0.2) is 31.0 Å². The zero-order valence-electron chi connectivity index (χ0n) is 14.3. The van der Waals surface area contributed by atoms with E-state index in [1.54, 1.807) is 6.08 Å². The first-order valence-corrected chi connectivity index (χ1v) is 7.76. The quantitative estimate of drug-likeness (QED) is 0.542. The van der Waals surface area contributed by atoms with E-state index in [9.17, 15) is 14.4 Å². The Balaban J connectivity index is 3.34. The van der Waals surface area contributed by atoms with Crippen molar-refractivity contribution in [2.75, 3.05) is 6.54 Å². The maximum absolute atomic E-state index is 10.6. The lowest BCUT2D eigenvalue weighted by Gasteiger charge is -2.20. The monoisotopic (exact) mass is 327 g/mol. The Kier molecular flexibility index (Phi) is 7.67. The molecule has 6 nitrogen and oxygen atoms in total. The first-order valence-electron chi connectivity index (χ1n) is 7.76. The van der Waals surface area contributed by atoms with Crippen LogP contribution < -0.4 is 0 Å². The summed E-state index contributed by atoms with van der Waals surface area (Å²) in [6.07, 6.45) is 3.61. The Morgan fingerprint density at radius 1 is 0.833 bits per heavy atom. The predicted molar refractivity (Wildman–Crippen MR) is 90.4 cm³/mol. The molecule has 0 bridgehead atoms. The van der Waals surface area contributed by atoms with Gasteiger partial charge in [-0.2, -0.15) is 9.98 Å². The Morgan fingerprint density at radius 3 is 1.88 bits per heavy atom. The molecule has 2 unspecified atom stereocenters. The van der Waals surface area contributed by atoms with Gasteiger partial charge < -0.3 is 0 Å². The van der Waals surface area contributed by atoms with Crippen molar-refractivity contribution in [3.8, 4) is 0 Å². The second-order valence-corrected chi connectivity index (χ2v) is 6.06. The minimum atomic E-state index is -0.849. The molecule has 0 fully saturated rings. The fourth-order valence-corrected chi connectivity index (χ4v) is 2.40. The largest absolute Gasteiger partial charge is 0.237 e. The summed E-state index contributed by atoms with van der Waals surface area (Å²) in [6.45, 7) is 8.31. The van der Waals surface area contributed by atoms with E-state index in [2.05, 4.69) is 34.9 Å². The number of benzene rings is 1. The van der Waals surface area contributed by atoms with Crippen molar-refractivity contribution < 1.29 is 14.4 Å². The molecule has 0 aliphatic carbocycles. The lowest BCUT2D eigenvalue weighted by Crippen LogP contribution is -2.13.